The highest BCUT2D eigenvalue weighted by Crippen LogP contribution is 2.32. The predicted molar refractivity (Wildman–Crippen MR) is 122 cm³/mol. The van der Waals surface area contributed by atoms with Crippen molar-refractivity contribution in [2.24, 2.45) is 0 Å². The van der Waals surface area contributed by atoms with Crippen LogP contribution in [0.25, 0.3) is 21.9 Å². The highest BCUT2D eigenvalue weighted by atomic mass is 32.2. The van der Waals surface area contributed by atoms with E-state index in [4.69, 9.17) is 0 Å². The molecule has 4 aromatic rings. The van der Waals surface area contributed by atoms with E-state index in [0.29, 0.717) is 16.6 Å². The summed E-state index contributed by atoms with van der Waals surface area (Å²) in [6, 6.07) is 12.5. The number of rotatable bonds is 5. The van der Waals surface area contributed by atoms with Crippen LogP contribution < -0.4 is 5.56 Å². The number of hydrogen-bond acceptors (Lipinski definition) is 6. The van der Waals surface area contributed by atoms with Crippen LogP contribution in [-0.2, 0) is 16.6 Å². The first kappa shape index (κ1) is 20.3. The van der Waals surface area contributed by atoms with Gasteiger partial charge in [-0.05, 0) is 55.5 Å². The Kier molecular flexibility index (Phi) is 5.11. The molecule has 0 atom stereocenters. The summed E-state index contributed by atoms with van der Waals surface area (Å²) in [7, 11) is -3.87. The minimum atomic E-state index is -3.87. The number of nitrogens with one attached hydrogen (secondary N) is 1. The smallest absolute Gasteiger partial charge is 0.252 e. The number of aryl methyl sites for hydroxylation is 1. The van der Waals surface area contributed by atoms with E-state index in [1.54, 1.807) is 18.2 Å². The van der Waals surface area contributed by atoms with Gasteiger partial charge in [-0.15, -0.1) is 0 Å². The molecule has 0 aliphatic heterocycles. The standard InChI is InChI=1S/C22H22N4O3S2/c1-14-9-10-18-15(11-14)12-16(22(27)23-18)13-26(17-5-2-3-6-17)31(28,29)20-8-4-7-19-21(20)25-30-24-19/h4,7-12,17H,2-3,5-6,13H2,1H3,(H,23,27). The van der Waals surface area contributed by atoms with E-state index in [1.165, 1.54) is 4.31 Å². The lowest BCUT2D eigenvalue weighted by Gasteiger charge is -2.28. The van der Waals surface area contributed by atoms with Crippen LogP contribution >= 0.6 is 11.7 Å². The number of aromatic amines is 1. The van der Waals surface area contributed by atoms with E-state index in [-0.39, 0.29) is 23.0 Å². The largest absolute Gasteiger partial charge is 0.322 e. The summed E-state index contributed by atoms with van der Waals surface area (Å²) in [5.41, 5.74) is 2.96. The van der Waals surface area contributed by atoms with Gasteiger partial charge >= 0.3 is 0 Å². The summed E-state index contributed by atoms with van der Waals surface area (Å²) in [4.78, 5) is 15.9. The molecule has 31 heavy (non-hydrogen) atoms. The molecule has 0 saturated heterocycles. The van der Waals surface area contributed by atoms with Gasteiger partial charge in [0.2, 0.25) is 10.0 Å². The zero-order valence-electron chi connectivity index (χ0n) is 17.0. The molecule has 7 nitrogen and oxygen atoms in total. The van der Waals surface area contributed by atoms with Crippen LogP contribution in [0.1, 0.15) is 36.8 Å². The fraction of sp³-hybridized carbons (Fsp3) is 0.318. The lowest BCUT2D eigenvalue weighted by Crippen LogP contribution is -2.39. The maximum absolute atomic E-state index is 13.8. The highest BCUT2D eigenvalue weighted by molar-refractivity contribution is 7.89. The highest BCUT2D eigenvalue weighted by Gasteiger charge is 2.35. The van der Waals surface area contributed by atoms with Crippen LogP contribution in [0.5, 0.6) is 0 Å². The monoisotopic (exact) mass is 454 g/mol. The molecule has 5 rings (SSSR count). The molecule has 1 saturated carbocycles. The summed E-state index contributed by atoms with van der Waals surface area (Å²) in [5, 5.41) is 0.893. The van der Waals surface area contributed by atoms with Gasteiger partial charge in [0.25, 0.3) is 5.56 Å². The third-order valence-corrected chi connectivity index (χ3v) is 8.44. The van der Waals surface area contributed by atoms with Crippen LogP contribution in [0, 0.1) is 6.92 Å². The Balaban J connectivity index is 1.62. The fourth-order valence-electron chi connectivity index (χ4n) is 4.38. The van der Waals surface area contributed by atoms with E-state index in [0.717, 1.165) is 53.9 Å². The average molecular weight is 455 g/mol. The van der Waals surface area contributed by atoms with E-state index >= 15 is 0 Å². The first-order valence-corrected chi connectivity index (χ1v) is 12.5. The van der Waals surface area contributed by atoms with E-state index in [1.807, 2.05) is 31.2 Å². The fourth-order valence-corrected chi connectivity index (χ4v) is 6.79. The zero-order valence-corrected chi connectivity index (χ0v) is 18.7. The Morgan fingerprint density at radius 3 is 2.74 bits per heavy atom. The average Bonchev–Trinajstić information content (AvgIpc) is 3.43. The summed E-state index contributed by atoms with van der Waals surface area (Å²) in [5.74, 6) is 0. The number of pyridine rings is 1. The second kappa shape index (κ2) is 7.81. The van der Waals surface area contributed by atoms with Crippen molar-refractivity contribution in [1.29, 1.82) is 0 Å². The van der Waals surface area contributed by atoms with Crippen molar-refractivity contribution in [2.75, 3.05) is 0 Å². The number of H-pyrrole nitrogens is 1. The Morgan fingerprint density at radius 2 is 1.94 bits per heavy atom. The lowest BCUT2D eigenvalue weighted by atomic mass is 10.1. The number of fused-ring (bicyclic) bond motifs is 2. The van der Waals surface area contributed by atoms with Crippen molar-refractivity contribution in [3.05, 3.63) is 63.9 Å². The number of sulfonamides is 1. The molecular formula is C22H22N4O3S2. The van der Waals surface area contributed by atoms with Crippen molar-refractivity contribution < 1.29 is 8.42 Å². The van der Waals surface area contributed by atoms with Crippen molar-refractivity contribution in [3.8, 4) is 0 Å². The molecule has 2 heterocycles. The molecular weight excluding hydrogens is 432 g/mol. The molecule has 0 bridgehead atoms. The van der Waals surface area contributed by atoms with E-state index < -0.39 is 10.0 Å². The summed E-state index contributed by atoms with van der Waals surface area (Å²) >= 11 is 0.998. The molecule has 9 heteroatoms. The first-order valence-electron chi connectivity index (χ1n) is 10.3. The van der Waals surface area contributed by atoms with E-state index in [2.05, 4.69) is 13.7 Å². The topological polar surface area (TPSA) is 96.0 Å². The van der Waals surface area contributed by atoms with Gasteiger partial charge in [-0.1, -0.05) is 30.5 Å². The lowest BCUT2D eigenvalue weighted by molar-refractivity contribution is 0.315. The van der Waals surface area contributed by atoms with Crippen LogP contribution in [0.4, 0.5) is 0 Å². The maximum atomic E-state index is 13.8. The SMILES string of the molecule is Cc1ccc2[nH]c(=O)c(CN(C3CCCC3)S(=O)(=O)c3cccc4nsnc34)cc2c1. The summed E-state index contributed by atoms with van der Waals surface area (Å²) < 4.78 is 37.5. The number of aromatic nitrogens is 3. The summed E-state index contributed by atoms with van der Waals surface area (Å²) in [6.07, 6.45) is 3.53. The molecule has 0 unspecified atom stereocenters. The van der Waals surface area contributed by atoms with Crippen molar-refractivity contribution >= 4 is 43.7 Å². The Morgan fingerprint density at radius 1 is 1.13 bits per heavy atom. The first-order chi connectivity index (χ1) is 14.9. The molecule has 1 aliphatic carbocycles. The summed E-state index contributed by atoms with van der Waals surface area (Å²) in [6.45, 7) is 2.02. The van der Waals surface area contributed by atoms with Crippen molar-refractivity contribution in [1.82, 2.24) is 18.0 Å². The minimum Gasteiger partial charge on any atom is -0.322 e. The number of benzene rings is 2. The van der Waals surface area contributed by atoms with Gasteiger partial charge in [0.1, 0.15) is 15.9 Å². The third-order valence-electron chi connectivity index (χ3n) is 5.97. The van der Waals surface area contributed by atoms with Crippen molar-refractivity contribution in [3.63, 3.8) is 0 Å². The van der Waals surface area contributed by atoms with Crippen molar-refractivity contribution in [2.45, 2.75) is 50.1 Å². The van der Waals surface area contributed by atoms with E-state index in [9.17, 15) is 13.2 Å². The van der Waals surface area contributed by atoms with Crippen LogP contribution in [0.2, 0.25) is 0 Å². The number of nitrogens with zero attached hydrogens (tertiary/aromatic N) is 3. The third kappa shape index (κ3) is 3.66. The molecule has 1 aliphatic rings. The Labute approximate surface area is 184 Å². The second-order valence-electron chi connectivity index (χ2n) is 8.09. The molecule has 0 amide bonds. The Bertz CT molecular complexity index is 1440. The molecule has 2 aromatic carbocycles. The maximum Gasteiger partial charge on any atom is 0.252 e. The molecule has 1 fully saturated rings. The van der Waals surface area contributed by atoms with Gasteiger partial charge in [-0.3, -0.25) is 4.79 Å². The van der Waals surface area contributed by atoms with Crippen LogP contribution in [0.15, 0.2) is 52.2 Å². The van der Waals surface area contributed by atoms with Gasteiger partial charge in [-0.25, -0.2) is 8.42 Å². The van der Waals surface area contributed by atoms with Crippen LogP contribution in [-0.4, -0.2) is 32.5 Å². The van der Waals surface area contributed by atoms with Gasteiger partial charge < -0.3 is 4.98 Å². The quantitative estimate of drug-likeness (QED) is 0.492. The molecule has 0 spiro atoms. The predicted octanol–water partition coefficient (Wildman–Crippen LogP) is 3.97. The van der Waals surface area contributed by atoms with Gasteiger partial charge in [0.15, 0.2) is 0 Å². The van der Waals surface area contributed by atoms with Crippen LogP contribution in [0.3, 0.4) is 0 Å². The van der Waals surface area contributed by atoms with Gasteiger partial charge in [0, 0.05) is 23.7 Å². The Hall–Kier alpha value is -2.62. The normalized spacial score (nSPS) is 15.4. The van der Waals surface area contributed by atoms with Gasteiger partial charge in [0.05, 0.1) is 11.7 Å². The minimum absolute atomic E-state index is 0.0279. The number of hydrogen-bond donors (Lipinski definition) is 1. The van der Waals surface area contributed by atoms with Gasteiger partial charge in [-0.2, -0.15) is 13.1 Å². The second-order valence-corrected chi connectivity index (χ2v) is 10.5. The molecule has 2 aromatic heterocycles. The molecule has 1 N–H and O–H groups in total. The molecule has 160 valence electrons. The molecule has 0 radical (unpaired) electrons. The zero-order chi connectivity index (χ0) is 21.6.